The summed E-state index contributed by atoms with van der Waals surface area (Å²) >= 11 is 0. The summed E-state index contributed by atoms with van der Waals surface area (Å²) in [5, 5.41) is 12.5. The van der Waals surface area contributed by atoms with Crippen molar-refractivity contribution >= 4 is 21.8 Å². The van der Waals surface area contributed by atoms with Gasteiger partial charge in [-0.1, -0.05) is 50.1 Å². The third-order valence-corrected chi connectivity index (χ3v) is 7.38. The van der Waals surface area contributed by atoms with Crippen LogP contribution in [0.15, 0.2) is 33.7 Å². The minimum atomic E-state index is -4.17. The third-order valence-electron chi connectivity index (χ3n) is 6.04. The molecule has 1 aromatic heterocycles. The minimum absolute atomic E-state index is 0.0410. The molecule has 0 saturated heterocycles. The summed E-state index contributed by atoms with van der Waals surface area (Å²) < 4.78 is 37.1. The lowest BCUT2D eigenvalue weighted by Crippen LogP contribution is -2.31. The summed E-state index contributed by atoms with van der Waals surface area (Å²) in [6, 6.07) is 5.50. The minimum Gasteiger partial charge on any atom is -0.497 e. The maximum Gasteiger partial charge on any atom is 0.306 e. The van der Waals surface area contributed by atoms with Gasteiger partial charge in [0.15, 0.2) is 0 Å². The number of hydroxylamine groups is 1. The number of methoxy groups -OCH3 is 1. The molecule has 1 heterocycles. The first-order chi connectivity index (χ1) is 16.3. The van der Waals surface area contributed by atoms with Gasteiger partial charge in [0.2, 0.25) is 11.8 Å². The zero-order chi connectivity index (χ0) is 24.6. The van der Waals surface area contributed by atoms with Crippen LogP contribution in [0.5, 0.6) is 5.75 Å². The fraction of sp³-hybridized carbons (Fsp3) is 0.545. The van der Waals surface area contributed by atoms with Crippen LogP contribution in [0.2, 0.25) is 0 Å². The molecule has 0 unspecified atom stereocenters. The molecule has 12 heteroatoms. The zero-order valence-corrected chi connectivity index (χ0v) is 19.8. The molecule has 34 heavy (non-hydrogen) atoms. The van der Waals surface area contributed by atoms with E-state index in [2.05, 4.69) is 10.1 Å². The Kier molecular flexibility index (Phi) is 8.99. The number of amides is 2. The number of carbonyl (C=O) groups is 2. The second kappa shape index (κ2) is 11.9. The Labute approximate surface area is 198 Å². The van der Waals surface area contributed by atoms with Crippen LogP contribution in [0.25, 0.3) is 0 Å². The predicted molar refractivity (Wildman–Crippen MR) is 120 cm³/mol. The number of hydrogen-bond donors (Lipinski definition) is 3. The molecule has 2 amide bonds. The number of sulfonamides is 1. The molecule has 1 aliphatic rings. The fourth-order valence-electron chi connectivity index (χ4n) is 4.19. The lowest BCUT2D eigenvalue weighted by Gasteiger charge is -2.22. The van der Waals surface area contributed by atoms with Gasteiger partial charge in [-0.3, -0.25) is 14.8 Å². The van der Waals surface area contributed by atoms with Crippen LogP contribution in [0.3, 0.4) is 0 Å². The first-order valence-electron chi connectivity index (χ1n) is 11.3. The van der Waals surface area contributed by atoms with Gasteiger partial charge in [0.25, 0.3) is 15.8 Å². The van der Waals surface area contributed by atoms with E-state index in [1.54, 1.807) is 5.48 Å². The lowest BCUT2D eigenvalue weighted by atomic mass is 9.84. The van der Waals surface area contributed by atoms with Crippen LogP contribution in [0.4, 0.5) is 0 Å². The summed E-state index contributed by atoms with van der Waals surface area (Å²) in [4.78, 5) is 28.1. The molecule has 2 aromatic rings. The molecule has 11 nitrogen and oxygen atoms in total. The number of aromatic nitrogens is 2. The molecule has 1 fully saturated rings. The van der Waals surface area contributed by atoms with Crippen LogP contribution < -0.4 is 14.9 Å². The quantitative estimate of drug-likeness (QED) is 0.315. The molecule has 0 aliphatic heterocycles. The van der Waals surface area contributed by atoms with Gasteiger partial charge in [0.1, 0.15) is 5.75 Å². The Bertz CT molecular complexity index is 1060. The van der Waals surface area contributed by atoms with Gasteiger partial charge in [-0.05, 0) is 36.6 Å². The van der Waals surface area contributed by atoms with Crippen LogP contribution in [-0.2, 0) is 14.8 Å². The molecule has 3 N–H and O–H groups in total. The van der Waals surface area contributed by atoms with E-state index in [-0.39, 0.29) is 17.2 Å². The molecule has 1 saturated carbocycles. The highest BCUT2D eigenvalue weighted by atomic mass is 32.2. The van der Waals surface area contributed by atoms with Crippen LogP contribution in [-0.4, -0.2) is 42.7 Å². The SMILES string of the molecule is COc1ccc(S(=O)(=O)NC(=O)c2noc([C@H](CCCC3CCCCC3)CC(=O)NO)n2)cc1. The normalized spacial score (nSPS) is 15.5. The molecule has 1 atom stereocenters. The Morgan fingerprint density at radius 2 is 1.91 bits per heavy atom. The largest absolute Gasteiger partial charge is 0.497 e. The van der Waals surface area contributed by atoms with E-state index in [4.69, 9.17) is 14.5 Å². The highest BCUT2D eigenvalue weighted by Crippen LogP contribution is 2.31. The predicted octanol–water partition coefficient (Wildman–Crippen LogP) is 2.93. The average molecular weight is 495 g/mol. The van der Waals surface area contributed by atoms with Gasteiger partial charge in [-0.2, -0.15) is 4.98 Å². The maximum absolute atomic E-state index is 12.5. The molecule has 3 rings (SSSR count). The highest BCUT2D eigenvalue weighted by molar-refractivity contribution is 7.90. The summed E-state index contributed by atoms with van der Waals surface area (Å²) in [5.74, 6) is -1.48. The van der Waals surface area contributed by atoms with Gasteiger partial charge in [0, 0.05) is 12.3 Å². The Morgan fingerprint density at radius 3 is 2.56 bits per heavy atom. The molecule has 186 valence electrons. The van der Waals surface area contributed by atoms with E-state index in [1.165, 1.54) is 63.5 Å². The standard InChI is InChI=1S/C22H30N4O7S/c1-32-17-10-12-18(13-11-17)34(30,31)26-21(28)20-23-22(33-25-20)16(14-19(27)24-29)9-5-8-15-6-3-2-4-7-15/h10-13,15-16,29H,2-9,14H2,1H3,(H,24,27)(H,26,28)/t16-/m1/s1. The number of hydrogen-bond acceptors (Lipinski definition) is 9. The van der Waals surface area contributed by atoms with Gasteiger partial charge in [-0.15, -0.1) is 0 Å². The second-order valence-electron chi connectivity index (χ2n) is 8.44. The number of nitrogens with zero attached hydrogens (tertiary/aromatic N) is 2. The van der Waals surface area contributed by atoms with Crippen LogP contribution >= 0.6 is 0 Å². The van der Waals surface area contributed by atoms with Gasteiger partial charge in [-0.25, -0.2) is 18.6 Å². The Hall–Kier alpha value is -2.99. The van der Waals surface area contributed by atoms with Crippen molar-refractivity contribution in [3.05, 3.63) is 36.0 Å². The van der Waals surface area contributed by atoms with Crippen molar-refractivity contribution in [1.82, 2.24) is 20.3 Å². The number of benzene rings is 1. The molecular weight excluding hydrogens is 464 g/mol. The van der Waals surface area contributed by atoms with Crippen LogP contribution in [0, 0.1) is 5.92 Å². The van der Waals surface area contributed by atoms with E-state index >= 15 is 0 Å². The van der Waals surface area contributed by atoms with E-state index < -0.39 is 33.6 Å². The monoisotopic (exact) mass is 494 g/mol. The number of nitrogens with one attached hydrogen (secondary N) is 2. The van der Waals surface area contributed by atoms with E-state index in [0.717, 1.165) is 12.8 Å². The van der Waals surface area contributed by atoms with Crippen molar-refractivity contribution in [1.29, 1.82) is 0 Å². The summed E-state index contributed by atoms with van der Waals surface area (Å²) in [6.45, 7) is 0. The molecule has 0 radical (unpaired) electrons. The van der Waals surface area contributed by atoms with Crippen molar-refractivity contribution in [3.8, 4) is 5.75 Å². The molecule has 1 aliphatic carbocycles. The number of rotatable bonds is 11. The van der Waals surface area contributed by atoms with Gasteiger partial charge < -0.3 is 9.26 Å². The van der Waals surface area contributed by atoms with Crippen molar-refractivity contribution in [2.45, 2.75) is 68.6 Å². The summed E-state index contributed by atoms with van der Waals surface area (Å²) in [5.41, 5.74) is 1.60. The van der Waals surface area contributed by atoms with Crippen molar-refractivity contribution < 1.29 is 32.5 Å². The number of ether oxygens (including phenoxy) is 1. The van der Waals surface area contributed by atoms with Gasteiger partial charge >= 0.3 is 5.91 Å². The molecule has 0 spiro atoms. The first-order valence-corrected chi connectivity index (χ1v) is 12.8. The molecule has 0 bridgehead atoms. The van der Waals surface area contributed by atoms with E-state index in [9.17, 15) is 18.0 Å². The van der Waals surface area contributed by atoms with Gasteiger partial charge in [0.05, 0.1) is 12.0 Å². The van der Waals surface area contributed by atoms with E-state index in [1.807, 2.05) is 4.72 Å². The fourth-order valence-corrected chi connectivity index (χ4v) is 5.13. The first kappa shape index (κ1) is 25.6. The van der Waals surface area contributed by atoms with Crippen molar-refractivity contribution in [3.63, 3.8) is 0 Å². The lowest BCUT2D eigenvalue weighted by molar-refractivity contribution is -0.129. The third kappa shape index (κ3) is 7.00. The average Bonchev–Trinajstić information content (AvgIpc) is 3.34. The van der Waals surface area contributed by atoms with Crippen LogP contribution in [0.1, 0.15) is 80.2 Å². The van der Waals surface area contributed by atoms with E-state index in [0.29, 0.717) is 18.1 Å². The highest BCUT2D eigenvalue weighted by Gasteiger charge is 2.27. The second-order valence-corrected chi connectivity index (χ2v) is 10.1. The molecule has 1 aromatic carbocycles. The van der Waals surface area contributed by atoms with Crippen molar-refractivity contribution in [2.24, 2.45) is 5.92 Å². The maximum atomic E-state index is 12.5. The Balaban J connectivity index is 1.65. The topological polar surface area (TPSA) is 161 Å². The molecular formula is C22H30N4O7S. The van der Waals surface area contributed by atoms with Crippen molar-refractivity contribution in [2.75, 3.05) is 7.11 Å². The summed E-state index contributed by atoms with van der Waals surface area (Å²) in [6.07, 6.45) is 8.45. The summed E-state index contributed by atoms with van der Waals surface area (Å²) in [7, 11) is -2.72. The number of carbonyl (C=O) groups excluding carboxylic acids is 2. The Morgan fingerprint density at radius 1 is 1.21 bits per heavy atom. The smallest absolute Gasteiger partial charge is 0.306 e. The zero-order valence-electron chi connectivity index (χ0n) is 19.0.